The van der Waals surface area contributed by atoms with Crippen molar-refractivity contribution in [1.29, 1.82) is 0 Å². The van der Waals surface area contributed by atoms with Crippen LogP contribution in [0.2, 0.25) is 0 Å². The van der Waals surface area contributed by atoms with Crippen molar-refractivity contribution >= 4 is 78.7 Å². The number of rotatable bonds is 15. The highest BCUT2D eigenvalue weighted by atomic mass is 35.7. The Bertz CT molecular complexity index is 2360. The molecule has 2 aliphatic heterocycles. The molecule has 0 atom stereocenters. The van der Waals surface area contributed by atoms with Gasteiger partial charge in [-0.25, -0.2) is 24.2 Å². The number of benzene rings is 3. The Kier molecular flexibility index (Phi) is 29.5. The van der Waals surface area contributed by atoms with E-state index in [1.54, 1.807) is 50.6 Å². The lowest BCUT2D eigenvalue weighted by atomic mass is 9.99. The summed E-state index contributed by atoms with van der Waals surface area (Å²) in [7, 11) is -2.43. The van der Waals surface area contributed by atoms with Crippen molar-refractivity contribution in [2.75, 3.05) is 53.6 Å². The first-order chi connectivity index (χ1) is 31.5. The Morgan fingerprint density at radius 3 is 1.36 bits per heavy atom. The topological polar surface area (TPSA) is 297 Å². The van der Waals surface area contributed by atoms with Gasteiger partial charge in [-0.1, -0.05) is 104 Å². The van der Waals surface area contributed by atoms with Gasteiger partial charge in [0.2, 0.25) is 0 Å². The van der Waals surface area contributed by atoms with E-state index in [1.165, 1.54) is 19.4 Å². The summed E-state index contributed by atoms with van der Waals surface area (Å²) in [5, 5.41) is 13.5. The molecule has 27 heteroatoms. The number of hydrogen-bond acceptors (Lipinski definition) is 15. The number of aliphatic hydroxyl groups excluding tert-OH is 1. The van der Waals surface area contributed by atoms with Gasteiger partial charge in [-0.3, -0.25) is 0 Å². The molecular weight excluding hydrogens is 1000 g/mol. The van der Waals surface area contributed by atoms with Crippen LogP contribution in [0.15, 0.2) is 108 Å². The number of halogens is 2. The molecule has 0 aliphatic carbocycles. The minimum Gasteiger partial charge on any atom is -0.444 e. The van der Waals surface area contributed by atoms with Crippen LogP contribution in [0.5, 0.6) is 0 Å². The van der Waals surface area contributed by atoms with E-state index in [1.807, 2.05) is 59.3 Å². The molecule has 3 aromatic rings. The molecule has 0 aromatic heterocycles. The maximum atomic E-state index is 12.2. The molecular formula is C40H58Cl2N6O15S4. The highest BCUT2D eigenvalue weighted by Crippen LogP contribution is 2.20. The lowest BCUT2D eigenvalue weighted by Crippen LogP contribution is -2.47. The van der Waals surface area contributed by atoms with E-state index in [9.17, 15) is 43.3 Å². The number of aliphatic hydroxyl groups is 1. The van der Waals surface area contributed by atoms with Crippen LogP contribution in [0.3, 0.4) is 0 Å². The molecule has 2 heterocycles. The largest absolute Gasteiger partial charge is 0.444 e. The highest BCUT2D eigenvalue weighted by molar-refractivity contribution is 8.13. The fourth-order valence-electron chi connectivity index (χ4n) is 5.59. The molecule has 2 aliphatic rings. The number of hydrogen-bond donors (Lipinski definition) is 4. The Hall–Kier alpha value is -4.25. The van der Waals surface area contributed by atoms with Gasteiger partial charge in [0.15, 0.2) is 0 Å². The molecule has 5 N–H and O–H groups in total. The van der Waals surface area contributed by atoms with E-state index in [4.69, 9.17) is 35.1 Å². The van der Waals surface area contributed by atoms with Crippen LogP contribution >= 0.6 is 21.4 Å². The van der Waals surface area contributed by atoms with Crippen LogP contribution in [0.4, 0.5) is 9.59 Å². The Morgan fingerprint density at radius 1 is 0.687 bits per heavy atom. The quantitative estimate of drug-likeness (QED) is 0.121. The number of allylic oxidation sites excluding steroid dienone is 1. The third-order valence-corrected chi connectivity index (χ3v) is 12.6. The first-order valence-electron chi connectivity index (χ1n) is 19.9. The predicted octanol–water partition coefficient (Wildman–Crippen LogP) is 4.37. The summed E-state index contributed by atoms with van der Waals surface area (Å²) in [6.45, 7) is 6.46. The van der Waals surface area contributed by atoms with E-state index in [2.05, 4.69) is 26.4 Å². The summed E-state index contributed by atoms with van der Waals surface area (Å²) < 4.78 is 115. The van der Waals surface area contributed by atoms with Crippen LogP contribution in [0.1, 0.15) is 42.4 Å². The van der Waals surface area contributed by atoms with Gasteiger partial charge in [-0.2, -0.15) is 46.7 Å². The van der Waals surface area contributed by atoms with Crippen molar-refractivity contribution in [3.05, 3.63) is 120 Å². The third-order valence-electron chi connectivity index (χ3n) is 8.81. The molecule has 0 radical (unpaired) electrons. The number of carbonyl (C=O) groups excluding carboxylic acids is 2. The van der Waals surface area contributed by atoms with Gasteiger partial charge in [-0.05, 0) is 54.2 Å². The van der Waals surface area contributed by atoms with Crippen LogP contribution < -0.4 is 14.6 Å². The van der Waals surface area contributed by atoms with Crippen molar-refractivity contribution in [1.82, 2.24) is 18.1 Å². The predicted molar refractivity (Wildman–Crippen MR) is 254 cm³/mol. The second-order valence-corrected chi connectivity index (χ2v) is 21.7. The monoisotopic (exact) mass is 1060 g/mol. The van der Waals surface area contributed by atoms with Crippen LogP contribution in [-0.4, -0.2) is 119 Å². The minimum absolute atomic E-state index is 0.0148. The minimum atomic E-state index is -4.08. The third kappa shape index (κ3) is 30.7. The summed E-state index contributed by atoms with van der Waals surface area (Å²) in [6, 6.07) is 27.4. The van der Waals surface area contributed by atoms with E-state index >= 15 is 0 Å². The van der Waals surface area contributed by atoms with E-state index in [-0.39, 0.29) is 19.8 Å². The zero-order valence-electron chi connectivity index (χ0n) is 36.8. The molecule has 2 fully saturated rings. The Morgan fingerprint density at radius 2 is 1.06 bits per heavy atom. The van der Waals surface area contributed by atoms with Crippen molar-refractivity contribution in [2.24, 2.45) is 21.4 Å². The van der Waals surface area contributed by atoms with Gasteiger partial charge < -0.3 is 24.1 Å². The molecule has 0 spiro atoms. The smallest absolute Gasteiger partial charge is 0.422 e. The molecule has 376 valence electrons. The Balaban J connectivity index is 0.000000445. The van der Waals surface area contributed by atoms with Gasteiger partial charge in [0, 0.05) is 81.2 Å². The Labute approximate surface area is 402 Å². The number of nitrogens with two attached hydrogens (primary N) is 1. The lowest BCUT2D eigenvalue weighted by Gasteiger charge is -2.30. The van der Waals surface area contributed by atoms with Crippen molar-refractivity contribution in [3.8, 4) is 0 Å². The number of piperidine rings is 2. The standard InChI is InChI=1S/C15H22N2O5S.C8H8ClNO4S.C7H16N2O3S.C7H8O.C3H4ClNO2S/c1-21-11-14-7-9-17(10-8-14)23(19,20)16-15(18)22-12-13-5-3-2-4-6-13;9-15(12,13)10-8(11)14-6-7-4-2-1-3-5-7;1-12-6-7-2-4-9(5-3-7)13(8,10)11;8-6-7-4-2-1-3-5-7;1-2-3-5-8(4,6)7/h2-6,14H,7-12H2,1H3,(H,16,18);1-5H,6H2,(H,10,11);7H,2-6H2,1H3,(H2,8,10,11);1-5,8H,6H2;2-3H,1H2. The zero-order chi connectivity index (χ0) is 50.4. The molecule has 0 saturated carbocycles. The summed E-state index contributed by atoms with van der Waals surface area (Å²) in [5.41, 5.74) is 2.51. The van der Waals surface area contributed by atoms with Gasteiger partial charge in [0.25, 0.3) is 10.2 Å². The van der Waals surface area contributed by atoms with Crippen molar-refractivity contribution < 1.29 is 67.3 Å². The van der Waals surface area contributed by atoms with Crippen molar-refractivity contribution in [3.63, 3.8) is 0 Å². The van der Waals surface area contributed by atoms with Gasteiger partial charge >= 0.3 is 40.9 Å². The lowest BCUT2D eigenvalue weighted by molar-refractivity contribution is 0.120. The number of nitrogens with zero attached hydrogens (tertiary/aromatic N) is 3. The second kappa shape index (κ2) is 32.5. The summed E-state index contributed by atoms with van der Waals surface area (Å²) >= 11 is 0. The maximum Gasteiger partial charge on any atom is 0.422 e. The van der Waals surface area contributed by atoms with E-state index in [0.717, 1.165) is 35.7 Å². The number of methoxy groups -OCH3 is 2. The number of carbonyl (C=O) groups is 2. The molecule has 2 saturated heterocycles. The van der Waals surface area contributed by atoms with Gasteiger partial charge in [0.05, 0.1) is 6.61 Å². The van der Waals surface area contributed by atoms with Crippen LogP contribution in [-0.2, 0) is 77.7 Å². The molecule has 21 nitrogen and oxygen atoms in total. The average Bonchev–Trinajstić information content (AvgIpc) is 3.28. The molecule has 5 rings (SSSR count). The number of ether oxygens (including phenoxy) is 4. The SMILES string of the molecule is C=CC=NS(=O)(=O)Cl.COCC1CCN(S(=O)(=O)NC(=O)OCc2ccccc2)CC1.COCC1CCN(S(N)(=O)=O)CC1.O=C(NS(=O)(=O)Cl)OCc1ccccc1.OCc1ccccc1. The first kappa shape index (κ1) is 60.8. The molecule has 2 amide bonds. The van der Waals surface area contributed by atoms with Crippen LogP contribution in [0.25, 0.3) is 0 Å². The van der Waals surface area contributed by atoms with Gasteiger partial charge in [0.1, 0.15) is 13.2 Å². The normalized spacial score (nSPS) is 15.0. The van der Waals surface area contributed by atoms with Crippen LogP contribution in [0, 0.1) is 11.8 Å². The molecule has 0 unspecified atom stereocenters. The van der Waals surface area contributed by atoms with E-state index in [0.29, 0.717) is 64.1 Å². The average molecular weight is 1060 g/mol. The maximum absolute atomic E-state index is 12.2. The molecule has 3 aromatic carbocycles. The number of nitrogens with one attached hydrogen (secondary N) is 2. The molecule has 67 heavy (non-hydrogen) atoms. The highest BCUT2D eigenvalue weighted by Gasteiger charge is 2.30. The van der Waals surface area contributed by atoms with Crippen molar-refractivity contribution in [2.45, 2.75) is 45.5 Å². The fraction of sp³-hybridized carbons (Fsp3) is 0.425. The van der Waals surface area contributed by atoms with E-state index < -0.39 is 51.1 Å². The molecule has 0 bridgehead atoms. The first-order valence-corrected chi connectivity index (χ1v) is 27.5. The number of amides is 2. The fourth-order valence-corrected chi connectivity index (χ4v) is 8.22. The zero-order valence-corrected chi connectivity index (χ0v) is 41.6. The second-order valence-electron chi connectivity index (χ2n) is 14.0. The van der Waals surface area contributed by atoms with Gasteiger partial charge in [-0.15, -0.1) is 0 Å². The summed E-state index contributed by atoms with van der Waals surface area (Å²) in [4.78, 5) is 22.5. The summed E-state index contributed by atoms with van der Waals surface area (Å²) in [6.07, 6.45) is 3.26. The summed E-state index contributed by atoms with van der Waals surface area (Å²) in [5.74, 6) is 0.833.